The van der Waals surface area contributed by atoms with Crippen LogP contribution < -0.4 is 10.1 Å². The van der Waals surface area contributed by atoms with Gasteiger partial charge in [-0.1, -0.05) is 13.8 Å². The minimum absolute atomic E-state index is 0.579. The van der Waals surface area contributed by atoms with Crippen LogP contribution in [0.15, 0.2) is 6.33 Å². The van der Waals surface area contributed by atoms with Gasteiger partial charge in [-0.05, 0) is 31.6 Å². The Morgan fingerprint density at radius 2 is 2.10 bits per heavy atom. The fraction of sp³-hybridized carbons (Fsp3) is 0.733. The van der Waals surface area contributed by atoms with Crippen molar-refractivity contribution in [2.45, 2.75) is 39.5 Å². The molecule has 0 unspecified atom stereocenters. The Kier molecular flexibility index (Phi) is 6.05. The molecule has 0 radical (unpaired) electrons. The van der Waals surface area contributed by atoms with Crippen LogP contribution in [0.3, 0.4) is 0 Å². The predicted molar refractivity (Wildman–Crippen MR) is 79.2 cm³/mol. The number of nitrogens with one attached hydrogen (secondary N) is 1. The molecule has 1 aliphatic rings. The zero-order chi connectivity index (χ0) is 14.2. The van der Waals surface area contributed by atoms with Gasteiger partial charge in [-0.3, -0.25) is 0 Å². The van der Waals surface area contributed by atoms with Crippen molar-refractivity contribution in [2.24, 2.45) is 5.92 Å². The second-order valence-corrected chi connectivity index (χ2v) is 5.15. The summed E-state index contributed by atoms with van der Waals surface area (Å²) in [6.45, 7) is 7.59. The highest BCUT2D eigenvalue weighted by atomic mass is 16.5. The van der Waals surface area contributed by atoms with Crippen molar-refractivity contribution in [3.05, 3.63) is 11.9 Å². The molecule has 0 amide bonds. The summed E-state index contributed by atoms with van der Waals surface area (Å²) in [5.41, 5.74) is 1.08. The normalized spacial score (nSPS) is 16.1. The molecule has 112 valence electrons. The summed E-state index contributed by atoms with van der Waals surface area (Å²) >= 11 is 0. The highest BCUT2D eigenvalue weighted by Crippen LogP contribution is 2.24. The van der Waals surface area contributed by atoms with E-state index in [-0.39, 0.29) is 0 Å². The molecule has 0 spiro atoms. The van der Waals surface area contributed by atoms with Crippen LogP contribution in [-0.4, -0.2) is 36.3 Å². The van der Waals surface area contributed by atoms with Crippen molar-refractivity contribution in [2.75, 3.05) is 31.7 Å². The minimum atomic E-state index is 0.579. The smallest absolute Gasteiger partial charge is 0.221 e. The Morgan fingerprint density at radius 1 is 1.30 bits per heavy atom. The number of hydrogen-bond acceptors (Lipinski definition) is 5. The third kappa shape index (κ3) is 4.07. The molecule has 0 atom stereocenters. The van der Waals surface area contributed by atoms with Crippen molar-refractivity contribution >= 4 is 5.82 Å². The first-order chi connectivity index (χ1) is 9.85. The highest BCUT2D eigenvalue weighted by Gasteiger charge is 2.16. The predicted octanol–water partition coefficient (Wildman–Crippen LogP) is 2.67. The Balaban J connectivity index is 1.98. The zero-order valence-corrected chi connectivity index (χ0v) is 12.5. The van der Waals surface area contributed by atoms with E-state index in [0.717, 1.165) is 69.3 Å². The molecule has 1 N–H and O–H groups in total. The van der Waals surface area contributed by atoms with Gasteiger partial charge in [0.15, 0.2) is 0 Å². The molecular formula is C15H25N3O2. The first-order valence-corrected chi connectivity index (χ1v) is 7.63. The number of anilines is 1. The summed E-state index contributed by atoms with van der Waals surface area (Å²) in [6.07, 6.45) is 5.68. The van der Waals surface area contributed by atoms with Crippen LogP contribution in [0.25, 0.3) is 0 Å². The van der Waals surface area contributed by atoms with E-state index in [1.54, 1.807) is 6.33 Å². The van der Waals surface area contributed by atoms with Crippen LogP contribution in [-0.2, 0) is 11.2 Å². The highest BCUT2D eigenvalue weighted by molar-refractivity contribution is 5.48. The lowest BCUT2D eigenvalue weighted by atomic mass is 10.0. The van der Waals surface area contributed by atoms with Gasteiger partial charge < -0.3 is 14.8 Å². The maximum atomic E-state index is 5.94. The van der Waals surface area contributed by atoms with Gasteiger partial charge in [0.05, 0.1) is 12.2 Å². The standard InChI is InChI=1S/C15H25N3O2/c1-3-7-16-14-13(4-2)15(18-11-17-14)20-10-12-5-8-19-9-6-12/h11-12H,3-10H2,1-2H3,(H,16,17,18). The lowest BCUT2D eigenvalue weighted by Crippen LogP contribution is -2.22. The molecule has 0 aromatic carbocycles. The monoisotopic (exact) mass is 279 g/mol. The Bertz CT molecular complexity index is 406. The van der Waals surface area contributed by atoms with Crippen LogP contribution in [0.2, 0.25) is 0 Å². The van der Waals surface area contributed by atoms with Gasteiger partial charge in [-0.2, -0.15) is 0 Å². The Morgan fingerprint density at radius 3 is 2.80 bits per heavy atom. The molecular weight excluding hydrogens is 254 g/mol. The third-order valence-electron chi connectivity index (χ3n) is 3.60. The topological polar surface area (TPSA) is 56.3 Å². The van der Waals surface area contributed by atoms with Crippen LogP contribution in [0.5, 0.6) is 5.88 Å². The van der Waals surface area contributed by atoms with Crippen molar-refractivity contribution < 1.29 is 9.47 Å². The molecule has 5 nitrogen and oxygen atoms in total. The molecule has 0 bridgehead atoms. The number of rotatable bonds is 7. The number of ether oxygens (including phenoxy) is 2. The fourth-order valence-electron chi connectivity index (χ4n) is 2.34. The van der Waals surface area contributed by atoms with Gasteiger partial charge >= 0.3 is 0 Å². The van der Waals surface area contributed by atoms with Crippen molar-refractivity contribution in [3.63, 3.8) is 0 Å². The number of hydrogen-bond donors (Lipinski definition) is 1. The van der Waals surface area contributed by atoms with Gasteiger partial charge in [-0.25, -0.2) is 9.97 Å². The average molecular weight is 279 g/mol. The van der Waals surface area contributed by atoms with Gasteiger partial charge in [0.1, 0.15) is 12.1 Å². The first kappa shape index (κ1) is 15.0. The van der Waals surface area contributed by atoms with Crippen molar-refractivity contribution in [1.29, 1.82) is 0 Å². The molecule has 1 fully saturated rings. The van der Waals surface area contributed by atoms with Gasteiger partial charge in [-0.15, -0.1) is 0 Å². The average Bonchev–Trinajstić information content (AvgIpc) is 2.51. The Labute approximate surface area is 121 Å². The molecule has 0 aliphatic carbocycles. The number of aromatic nitrogens is 2. The second kappa shape index (κ2) is 8.04. The summed E-state index contributed by atoms with van der Waals surface area (Å²) in [4.78, 5) is 8.62. The van der Waals surface area contributed by atoms with E-state index in [1.807, 2.05) is 0 Å². The summed E-state index contributed by atoms with van der Waals surface area (Å²) in [6, 6.07) is 0. The van der Waals surface area contributed by atoms with E-state index in [2.05, 4.69) is 29.1 Å². The van der Waals surface area contributed by atoms with E-state index < -0.39 is 0 Å². The molecule has 1 aromatic heterocycles. The molecule has 2 heterocycles. The van der Waals surface area contributed by atoms with E-state index in [1.165, 1.54) is 0 Å². The van der Waals surface area contributed by atoms with E-state index in [0.29, 0.717) is 5.92 Å². The molecule has 1 aromatic rings. The van der Waals surface area contributed by atoms with Crippen LogP contribution in [0.1, 0.15) is 38.7 Å². The summed E-state index contributed by atoms with van der Waals surface area (Å²) in [5, 5.41) is 3.34. The maximum absolute atomic E-state index is 5.94. The van der Waals surface area contributed by atoms with Crippen molar-refractivity contribution in [3.8, 4) is 5.88 Å². The molecule has 1 aliphatic heterocycles. The lowest BCUT2D eigenvalue weighted by Gasteiger charge is -2.22. The zero-order valence-electron chi connectivity index (χ0n) is 12.5. The summed E-state index contributed by atoms with van der Waals surface area (Å²) in [5.74, 6) is 2.22. The maximum Gasteiger partial charge on any atom is 0.221 e. The summed E-state index contributed by atoms with van der Waals surface area (Å²) in [7, 11) is 0. The van der Waals surface area contributed by atoms with E-state index >= 15 is 0 Å². The molecule has 2 rings (SSSR count). The molecule has 0 saturated carbocycles. The van der Waals surface area contributed by atoms with E-state index in [4.69, 9.17) is 9.47 Å². The van der Waals surface area contributed by atoms with Crippen LogP contribution >= 0.6 is 0 Å². The fourth-order valence-corrected chi connectivity index (χ4v) is 2.34. The SMILES string of the molecule is CCCNc1ncnc(OCC2CCOCC2)c1CC. The quantitative estimate of drug-likeness (QED) is 0.831. The van der Waals surface area contributed by atoms with Crippen LogP contribution in [0.4, 0.5) is 5.82 Å². The molecule has 1 saturated heterocycles. The molecule has 5 heteroatoms. The van der Waals surface area contributed by atoms with Crippen molar-refractivity contribution in [1.82, 2.24) is 9.97 Å². The van der Waals surface area contributed by atoms with Gasteiger partial charge in [0.25, 0.3) is 0 Å². The minimum Gasteiger partial charge on any atom is -0.477 e. The molecule has 20 heavy (non-hydrogen) atoms. The van der Waals surface area contributed by atoms with Gasteiger partial charge in [0, 0.05) is 19.8 Å². The second-order valence-electron chi connectivity index (χ2n) is 5.15. The van der Waals surface area contributed by atoms with Crippen LogP contribution in [0, 0.1) is 5.92 Å². The Hall–Kier alpha value is -1.36. The third-order valence-corrected chi connectivity index (χ3v) is 3.60. The van der Waals surface area contributed by atoms with Gasteiger partial charge in [0.2, 0.25) is 5.88 Å². The summed E-state index contributed by atoms with van der Waals surface area (Å²) < 4.78 is 11.3. The number of nitrogens with zero attached hydrogens (tertiary/aromatic N) is 2. The lowest BCUT2D eigenvalue weighted by molar-refractivity contribution is 0.0489. The van der Waals surface area contributed by atoms with E-state index in [9.17, 15) is 0 Å². The first-order valence-electron chi connectivity index (χ1n) is 7.63. The largest absolute Gasteiger partial charge is 0.477 e.